The Bertz CT molecular complexity index is 1020. The number of carbonyl (C=O) groups excluding carboxylic acids is 1. The lowest BCUT2D eigenvalue weighted by Crippen LogP contribution is -2.20. The van der Waals surface area contributed by atoms with Crippen molar-refractivity contribution in [1.82, 2.24) is 10.1 Å². The van der Waals surface area contributed by atoms with Gasteiger partial charge in [-0.05, 0) is 6.07 Å². The number of alkyl halides is 3. The number of phenols is 2. The third-order valence-electron chi connectivity index (χ3n) is 3.44. The zero-order chi connectivity index (χ0) is 19.9. The third-order valence-corrected chi connectivity index (χ3v) is 3.44. The molecule has 0 saturated carbocycles. The van der Waals surface area contributed by atoms with Gasteiger partial charge in [-0.25, -0.2) is 0 Å². The first-order valence-corrected chi connectivity index (χ1v) is 7.01. The molecular weight excluding hydrogens is 377 g/mol. The van der Waals surface area contributed by atoms with E-state index in [4.69, 9.17) is 4.52 Å². The predicted octanol–water partition coefficient (Wildman–Crippen LogP) is 2.37. The largest absolute Gasteiger partial charge is 0.504 e. The molecule has 140 valence electrons. The van der Waals surface area contributed by atoms with Crippen molar-refractivity contribution >= 4 is 23.3 Å². The number of rotatable bonds is 3. The van der Waals surface area contributed by atoms with Gasteiger partial charge in [-0.1, -0.05) is 5.16 Å². The molecule has 1 aliphatic heterocycles. The number of phenolic OH excluding ortho intramolecular Hbond substituents is 2. The first-order valence-electron chi connectivity index (χ1n) is 7.01. The number of hydrogen-bond acceptors (Lipinski definition) is 9. The Balaban J connectivity index is 2.13. The molecule has 0 atom stereocenters. The van der Waals surface area contributed by atoms with Crippen molar-refractivity contribution in [2.75, 3.05) is 0 Å². The number of nitrogens with zero attached hydrogens (tertiary/aromatic N) is 4. The molecule has 2 N–H and O–H groups in total. The number of halogens is 3. The molecule has 1 aromatic carbocycles. The van der Waals surface area contributed by atoms with Crippen LogP contribution >= 0.6 is 0 Å². The molecule has 13 heteroatoms. The van der Waals surface area contributed by atoms with E-state index in [1.54, 1.807) is 0 Å². The van der Waals surface area contributed by atoms with Crippen LogP contribution in [-0.4, -0.2) is 43.5 Å². The Morgan fingerprint density at radius 2 is 1.96 bits per heavy atom. The topological polar surface area (TPSA) is 152 Å². The van der Waals surface area contributed by atoms with Crippen LogP contribution in [0.1, 0.15) is 12.2 Å². The van der Waals surface area contributed by atoms with E-state index in [-0.39, 0.29) is 5.56 Å². The minimum atomic E-state index is -4.95. The molecule has 10 nitrogen and oxygen atoms in total. The van der Waals surface area contributed by atoms with E-state index in [2.05, 4.69) is 15.1 Å². The summed E-state index contributed by atoms with van der Waals surface area (Å²) in [6.07, 6.45) is -4.54. The van der Waals surface area contributed by atoms with Gasteiger partial charge in [0.1, 0.15) is 0 Å². The summed E-state index contributed by atoms with van der Waals surface area (Å²) in [4.78, 5) is 28.6. The van der Waals surface area contributed by atoms with Crippen LogP contribution in [0.2, 0.25) is 0 Å². The molecule has 2 aromatic rings. The quantitative estimate of drug-likeness (QED) is 0.465. The molecule has 0 amide bonds. The number of Topliss-reactive ketones (excluding diaryl/α,β-unsaturated/α-hetero) is 1. The van der Waals surface area contributed by atoms with E-state index < -0.39 is 63.5 Å². The van der Waals surface area contributed by atoms with Crippen molar-refractivity contribution in [2.45, 2.75) is 12.6 Å². The van der Waals surface area contributed by atoms with E-state index in [0.717, 1.165) is 18.3 Å². The zero-order valence-corrected chi connectivity index (χ0v) is 12.9. The molecular formula is C14H7F3N4O6. The number of benzene rings is 1. The standard InChI is InChI=1S/C14H7F3N4O6/c15-14(16,17)11-9(7(22)1-2-18-11)12-19-13(27-20-12)5-3-6(21(25)26)10(24)8(23)4-5/h2-4,23-24H,1H2. The van der Waals surface area contributed by atoms with Crippen molar-refractivity contribution < 1.29 is 37.6 Å². The van der Waals surface area contributed by atoms with Crippen molar-refractivity contribution in [3.8, 4) is 23.0 Å². The maximum absolute atomic E-state index is 13.1. The number of ketones is 1. The SMILES string of the molecule is O=C1CC=NC(C(F)(F)F)=C1c1noc(-c2cc(O)c(O)c([N+](=O)[O-])c2)n1. The van der Waals surface area contributed by atoms with E-state index in [1.807, 2.05) is 0 Å². The van der Waals surface area contributed by atoms with Gasteiger partial charge in [0.05, 0.1) is 16.1 Å². The van der Waals surface area contributed by atoms with Gasteiger partial charge in [0.25, 0.3) is 5.89 Å². The average molecular weight is 384 g/mol. The van der Waals surface area contributed by atoms with Gasteiger partial charge in [-0.2, -0.15) is 18.2 Å². The number of aromatic nitrogens is 2. The van der Waals surface area contributed by atoms with Gasteiger partial charge >= 0.3 is 11.9 Å². The van der Waals surface area contributed by atoms with Crippen LogP contribution in [0.25, 0.3) is 17.0 Å². The maximum atomic E-state index is 13.1. The van der Waals surface area contributed by atoms with Crippen LogP contribution in [0, 0.1) is 10.1 Å². The van der Waals surface area contributed by atoms with Crippen molar-refractivity contribution in [3.63, 3.8) is 0 Å². The van der Waals surface area contributed by atoms with E-state index in [1.165, 1.54) is 0 Å². The zero-order valence-electron chi connectivity index (χ0n) is 12.9. The summed E-state index contributed by atoms with van der Waals surface area (Å²) in [5.74, 6) is -4.06. The highest BCUT2D eigenvalue weighted by Crippen LogP contribution is 2.40. The first kappa shape index (κ1) is 18.0. The van der Waals surface area contributed by atoms with E-state index >= 15 is 0 Å². The van der Waals surface area contributed by atoms with Crippen LogP contribution in [0.4, 0.5) is 18.9 Å². The van der Waals surface area contributed by atoms with Crippen LogP contribution in [0.3, 0.4) is 0 Å². The molecule has 27 heavy (non-hydrogen) atoms. The smallest absolute Gasteiger partial charge is 0.434 e. The van der Waals surface area contributed by atoms with Crippen LogP contribution in [-0.2, 0) is 4.79 Å². The second kappa shape index (κ2) is 6.19. The van der Waals surface area contributed by atoms with Crippen molar-refractivity contribution in [3.05, 3.63) is 33.8 Å². The summed E-state index contributed by atoms with van der Waals surface area (Å²) in [5, 5.41) is 33.2. The van der Waals surface area contributed by atoms with Crippen molar-refractivity contribution in [1.29, 1.82) is 0 Å². The van der Waals surface area contributed by atoms with Crippen LogP contribution in [0.5, 0.6) is 11.5 Å². The van der Waals surface area contributed by atoms with Gasteiger partial charge in [-0.3, -0.25) is 19.9 Å². The third kappa shape index (κ3) is 3.21. The Labute approximate surface area is 146 Å². The fourth-order valence-electron chi connectivity index (χ4n) is 2.27. The molecule has 0 radical (unpaired) electrons. The fourth-order valence-corrected chi connectivity index (χ4v) is 2.27. The molecule has 1 aromatic heterocycles. The van der Waals surface area contributed by atoms with Gasteiger partial charge in [0, 0.05) is 18.7 Å². The Kier molecular flexibility index (Phi) is 4.13. The molecule has 0 bridgehead atoms. The lowest BCUT2D eigenvalue weighted by Gasteiger charge is -2.13. The molecule has 2 heterocycles. The molecule has 0 aliphatic carbocycles. The molecule has 0 spiro atoms. The summed E-state index contributed by atoms with van der Waals surface area (Å²) >= 11 is 0. The summed E-state index contributed by atoms with van der Waals surface area (Å²) in [6, 6.07) is 1.60. The summed E-state index contributed by atoms with van der Waals surface area (Å²) < 4.78 is 44.0. The second-order valence-electron chi connectivity index (χ2n) is 5.20. The summed E-state index contributed by atoms with van der Waals surface area (Å²) in [5.41, 5.74) is -3.54. The van der Waals surface area contributed by atoms with E-state index in [9.17, 15) is 38.3 Å². The molecule has 0 saturated heterocycles. The fraction of sp³-hybridized carbons (Fsp3) is 0.143. The van der Waals surface area contributed by atoms with Crippen LogP contribution < -0.4 is 0 Å². The number of nitro groups is 1. The number of allylic oxidation sites excluding steroid dienone is 2. The number of hydrogen-bond donors (Lipinski definition) is 2. The van der Waals surface area contributed by atoms with Gasteiger partial charge in [0.2, 0.25) is 11.6 Å². The molecule has 1 aliphatic rings. The number of nitro benzene ring substituents is 1. The predicted molar refractivity (Wildman–Crippen MR) is 80.8 cm³/mol. The first-order chi connectivity index (χ1) is 12.6. The van der Waals surface area contributed by atoms with Crippen LogP contribution in [0.15, 0.2) is 27.3 Å². The lowest BCUT2D eigenvalue weighted by atomic mass is 10.0. The maximum Gasteiger partial charge on any atom is 0.434 e. The van der Waals surface area contributed by atoms with Gasteiger partial charge in [-0.15, -0.1) is 0 Å². The van der Waals surface area contributed by atoms with Crippen molar-refractivity contribution in [2.24, 2.45) is 4.99 Å². The summed E-state index contributed by atoms with van der Waals surface area (Å²) in [7, 11) is 0. The highest BCUT2D eigenvalue weighted by Gasteiger charge is 2.41. The normalized spacial score (nSPS) is 14.7. The van der Waals surface area contributed by atoms with E-state index in [0.29, 0.717) is 0 Å². The Hall–Kier alpha value is -3.77. The lowest BCUT2D eigenvalue weighted by molar-refractivity contribution is -0.385. The molecule has 0 fully saturated rings. The highest BCUT2D eigenvalue weighted by molar-refractivity contribution is 6.25. The second-order valence-corrected chi connectivity index (χ2v) is 5.20. The Morgan fingerprint density at radius 1 is 1.26 bits per heavy atom. The number of aromatic hydroxyl groups is 2. The van der Waals surface area contributed by atoms with Gasteiger partial charge < -0.3 is 14.7 Å². The monoisotopic (exact) mass is 384 g/mol. The summed E-state index contributed by atoms with van der Waals surface area (Å²) in [6.45, 7) is 0. The highest BCUT2D eigenvalue weighted by atomic mass is 19.4. The number of aliphatic imine (C=N–C) groups is 1. The number of carbonyl (C=O) groups is 1. The average Bonchev–Trinajstić information content (AvgIpc) is 3.05. The molecule has 0 unspecified atom stereocenters. The van der Waals surface area contributed by atoms with Gasteiger partial charge in [0.15, 0.2) is 17.2 Å². The Morgan fingerprint density at radius 3 is 2.59 bits per heavy atom. The molecule has 3 rings (SSSR count). The minimum absolute atomic E-state index is 0.253. The minimum Gasteiger partial charge on any atom is -0.504 e.